The van der Waals surface area contributed by atoms with E-state index in [1.165, 1.54) is 0 Å². The Labute approximate surface area is 125 Å². The maximum atomic E-state index is 6.48. The molecule has 0 spiro atoms. The predicted octanol–water partition coefficient (Wildman–Crippen LogP) is -0.313. The molecule has 1 aliphatic carbocycles. The monoisotopic (exact) mass is 292 g/mol. The van der Waals surface area contributed by atoms with Gasteiger partial charge in [-0.2, -0.15) is 0 Å². The molecule has 0 amide bonds. The van der Waals surface area contributed by atoms with Gasteiger partial charge in [-0.3, -0.25) is 16.1 Å². The zero-order valence-electron chi connectivity index (χ0n) is 12.4. The number of rotatable bonds is 3. The van der Waals surface area contributed by atoms with E-state index in [4.69, 9.17) is 16.2 Å². The maximum Gasteiger partial charge on any atom is 0.219 e. The first-order valence-corrected chi connectivity index (χ1v) is 7.45. The van der Waals surface area contributed by atoms with Crippen LogP contribution in [0.5, 0.6) is 0 Å². The van der Waals surface area contributed by atoms with Gasteiger partial charge in [0.05, 0.1) is 6.10 Å². The number of hydrazone groups is 1. The molecule has 1 saturated heterocycles. The second-order valence-electron chi connectivity index (χ2n) is 5.89. The first kappa shape index (κ1) is 14.4. The van der Waals surface area contributed by atoms with Crippen molar-refractivity contribution in [3.63, 3.8) is 0 Å². The summed E-state index contributed by atoms with van der Waals surface area (Å²) < 4.78 is 6.48. The minimum atomic E-state index is -0.659. The van der Waals surface area contributed by atoms with Gasteiger partial charge < -0.3 is 15.4 Å². The number of hydrogen-bond donors (Lipinski definition) is 3. The number of nitrogens with zero attached hydrogens (tertiary/aromatic N) is 3. The van der Waals surface area contributed by atoms with Gasteiger partial charge in [-0.15, -0.1) is 5.10 Å². The van der Waals surface area contributed by atoms with Crippen molar-refractivity contribution >= 4 is 5.96 Å². The molecule has 2 heterocycles. The highest BCUT2D eigenvalue weighted by molar-refractivity contribution is 5.80. The average Bonchev–Trinajstić information content (AvgIpc) is 2.79. The molecular weight excluding hydrogens is 268 g/mol. The lowest BCUT2D eigenvalue weighted by molar-refractivity contribution is -0.152. The summed E-state index contributed by atoms with van der Waals surface area (Å²) in [6, 6.07) is 0. The lowest BCUT2D eigenvalue weighted by Gasteiger charge is -2.45. The van der Waals surface area contributed by atoms with Crippen LogP contribution in [0.4, 0.5) is 0 Å². The Hall–Kier alpha value is -1.57. The van der Waals surface area contributed by atoms with Crippen molar-refractivity contribution in [2.24, 2.45) is 16.6 Å². The van der Waals surface area contributed by atoms with E-state index in [1.807, 2.05) is 23.1 Å². The molecule has 3 unspecified atom stereocenters. The average molecular weight is 292 g/mol. The number of guanidine groups is 1. The summed E-state index contributed by atoms with van der Waals surface area (Å²) in [4.78, 5) is 4.12. The Morgan fingerprint density at radius 3 is 2.95 bits per heavy atom. The van der Waals surface area contributed by atoms with Gasteiger partial charge in [0.1, 0.15) is 0 Å². The highest BCUT2D eigenvalue weighted by Crippen LogP contribution is 2.32. The molecule has 0 aromatic heterocycles. The Balaban J connectivity index is 1.82. The number of ether oxygens (including phenoxy) is 1. The molecule has 0 radical (unpaired) electrons. The van der Waals surface area contributed by atoms with Gasteiger partial charge in [0.2, 0.25) is 5.96 Å². The molecular formula is C14H24N6O. The molecule has 1 fully saturated rings. The first-order valence-electron chi connectivity index (χ1n) is 7.45. The smallest absolute Gasteiger partial charge is 0.219 e. The van der Waals surface area contributed by atoms with Crippen molar-refractivity contribution in [2.75, 3.05) is 20.1 Å². The summed E-state index contributed by atoms with van der Waals surface area (Å²) in [7, 11) is 2.12. The van der Waals surface area contributed by atoms with Crippen molar-refractivity contribution in [1.82, 2.24) is 15.2 Å². The molecule has 21 heavy (non-hydrogen) atoms. The van der Waals surface area contributed by atoms with Gasteiger partial charge in [0, 0.05) is 13.0 Å². The third-order valence-corrected chi connectivity index (χ3v) is 4.21. The van der Waals surface area contributed by atoms with Crippen LogP contribution in [0.2, 0.25) is 0 Å². The first-order chi connectivity index (χ1) is 10.1. The van der Waals surface area contributed by atoms with Gasteiger partial charge >= 0.3 is 0 Å². The van der Waals surface area contributed by atoms with Crippen LogP contribution in [0.15, 0.2) is 29.4 Å². The summed E-state index contributed by atoms with van der Waals surface area (Å²) in [6.07, 6.45) is 10.7. The standard InChI is InChI=1S/C14H24N6O/c1-19-9-5-6-11(10-19)21-14(7-3-2-4-8-14)20-12(15)17-18-13(20)16/h2-4,7,11-12,17H,5-6,8-10,15H2,1H3,(H2,16,18). The number of likely N-dealkylation sites (N-methyl/N-ethyl adjacent to an activating group) is 1. The fourth-order valence-electron chi connectivity index (χ4n) is 3.23. The van der Waals surface area contributed by atoms with Gasteiger partial charge in [-0.25, -0.2) is 0 Å². The summed E-state index contributed by atoms with van der Waals surface area (Å²) in [5.41, 5.74) is 14.2. The molecule has 0 saturated carbocycles. The zero-order chi connectivity index (χ0) is 14.9. The molecule has 7 nitrogen and oxygen atoms in total. The van der Waals surface area contributed by atoms with E-state index in [9.17, 15) is 0 Å². The maximum absolute atomic E-state index is 6.48. The van der Waals surface area contributed by atoms with Crippen LogP contribution < -0.4 is 16.9 Å². The lowest BCUT2D eigenvalue weighted by atomic mass is 10.0. The van der Waals surface area contributed by atoms with Crippen molar-refractivity contribution in [3.05, 3.63) is 24.3 Å². The summed E-state index contributed by atoms with van der Waals surface area (Å²) >= 11 is 0. The number of allylic oxidation sites excluding steroid dienone is 2. The van der Waals surface area contributed by atoms with Crippen LogP contribution in [-0.4, -0.2) is 54.0 Å². The molecule has 116 valence electrons. The molecule has 7 heteroatoms. The van der Waals surface area contributed by atoms with Crippen LogP contribution >= 0.6 is 0 Å². The van der Waals surface area contributed by atoms with Crippen LogP contribution in [0.3, 0.4) is 0 Å². The van der Waals surface area contributed by atoms with E-state index in [0.29, 0.717) is 12.4 Å². The number of piperidine rings is 1. The SMILES string of the molecule is CN1CCCC(OC2(N3C(N)=NNC3N)C=CC=CC2)C1. The minimum absolute atomic E-state index is 0.167. The predicted molar refractivity (Wildman–Crippen MR) is 81.8 cm³/mol. The van der Waals surface area contributed by atoms with E-state index in [1.54, 1.807) is 0 Å². The number of hydrogen-bond acceptors (Lipinski definition) is 7. The molecule has 0 aromatic carbocycles. The molecule has 3 rings (SSSR count). The van der Waals surface area contributed by atoms with Crippen LogP contribution in [-0.2, 0) is 4.74 Å². The third kappa shape index (κ3) is 2.76. The third-order valence-electron chi connectivity index (χ3n) is 4.21. The van der Waals surface area contributed by atoms with Crippen molar-refractivity contribution < 1.29 is 4.74 Å². The van der Waals surface area contributed by atoms with Crippen molar-refractivity contribution in [1.29, 1.82) is 0 Å². The van der Waals surface area contributed by atoms with Crippen molar-refractivity contribution in [2.45, 2.75) is 37.4 Å². The summed E-state index contributed by atoms with van der Waals surface area (Å²) in [5.74, 6) is 0.367. The Morgan fingerprint density at radius 1 is 1.48 bits per heavy atom. The van der Waals surface area contributed by atoms with E-state index in [0.717, 1.165) is 25.9 Å². The number of likely N-dealkylation sites (tertiary alicyclic amines) is 1. The second-order valence-corrected chi connectivity index (χ2v) is 5.89. The largest absolute Gasteiger partial charge is 0.368 e. The molecule has 3 atom stereocenters. The van der Waals surface area contributed by atoms with E-state index in [-0.39, 0.29) is 6.10 Å². The number of nitrogens with two attached hydrogens (primary N) is 2. The number of nitrogens with one attached hydrogen (secondary N) is 1. The molecule has 3 aliphatic rings. The zero-order valence-corrected chi connectivity index (χ0v) is 12.4. The van der Waals surface area contributed by atoms with Gasteiger partial charge in [0.15, 0.2) is 12.0 Å². The van der Waals surface area contributed by atoms with E-state index < -0.39 is 12.0 Å². The highest BCUT2D eigenvalue weighted by atomic mass is 16.5. The Morgan fingerprint density at radius 2 is 2.33 bits per heavy atom. The fourth-order valence-corrected chi connectivity index (χ4v) is 3.23. The minimum Gasteiger partial charge on any atom is -0.368 e. The molecule has 0 bridgehead atoms. The van der Waals surface area contributed by atoms with Crippen molar-refractivity contribution in [3.8, 4) is 0 Å². The van der Waals surface area contributed by atoms with Gasteiger partial charge in [-0.05, 0) is 32.5 Å². The molecule has 0 aromatic rings. The second kappa shape index (κ2) is 5.67. The molecule has 2 aliphatic heterocycles. The highest BCUT2D eigenvalue weighted by Gasteiger charge is 2.44. The van der Waals surface area contributed by atoms with Gasteiger partial charge in [0.25, 0.3) is 0 Å². The lowest BCUT2D eigenvalue weighted by Crippen LogP contribution is -2.63. The Bertz CT molecular complexity index is 476. The van der Waals surface area contributed by atoms with Crippen LogP contribution in [0.1, 0.15) is 19.3 Å². The van der Waals surface area contributed by atoms with Crippen LogP contribution in [0.25, 0.3) is 0 Å². The van der Waals surface area contributed by atoms with E-state index >= 15 is 0 Å². The quantitative estimate of drug-likeness (QED) is 0.661. The van der Waals surface area contributed by atoms with Gasteiger partial charge in [-0.1, -0.05) is 18.2 Å². The molecule has 5 N–H and O–H groups in total. The van der Waals surface area contributed by atoms with Crippen LogP contribution in [0, 0.1) is 0 Å². The topological polar surface area (TPSA) is 92.1 Å². The summed E-state index contributed by atoms with van der Waals surface area (Å²) in [5, 5.41) is 4.02. The Kier molecular flexibility index (Phi) is 3.88. The summed E-state index contributed by atoms with van der Waals surface area (Å²) in [6.45, 7) is 2.05. The fraction of sp³-hybridized carbons (Fsp3) is 0.643. The normalized spacial score (nSPS) is 36.7. The van der Waals surface area contributed by atoms with E-state index in [2.05, 4.69) is 28.6 Å².